The first-order valence-electron chi connectivity index (χ1n) is 12.4. The van der Waals surface area contributed by atoms with Crippen LogP contribution in [0.3, 0.4) is 0 Å². The fraction of sp³-hybridized carbons (Fsp3) is 0.200. The number of carboxylic acid groups (broad SMARTS) is 1. The van der Waals surface area contributed by atoms with Crippen LogP contribution in [0.2, 0.25) is 0 Å². The first-order chi connectivity index (χ1) is 18.5. The van der Waals surface area contributed by atoms with E-state index in [4.69, 9.17) is 15.9 Å². The molecule has 0 spiro atoms. The number of hydrogen-bond acceptors (Lipinski definition) is 5. The predicted octanol–water partition coefficient (Wildman–Crippen LogP) is 5.02. The molecule has 0 heterocycles. The van der Waals surface area contributed by atoms with Crippen LogP contribution < -0.4 is 21.1 Å². The molecule has 0 atom stereocenters. The molecule has 3 rings (SSSR count). The second kappa shape index (κ2) is 12.6. The van der Waals surface area contributed by atoms with Crippen LogP contribution in [0, 0.1) is 11.3 Å². The Balaban J connectivity index is 2.13. The van der Waals surface area contributed by atoms with Crippen LogP contribution >= 0.6 is 0 Å². The van der Waals surface area contributed by atoms with Gasteiger partial charge < -0.3 is 26.2 Å². The van der Waals surface area contributed by atoms with E-state index in [9.17, 15) is 19.5 Å². The maximum absolute atomic E-state index is 13.5. The van der Waals surface area contributed by atoms with Crippen molar-refractivity contribution in [3.8, 4) is 16.9 Å². The lowest BCUT2D eigenvalue weighted by atomic mass is 9.91. The Kier molecular flexibility index (Phi) is 9.22. The molecule has 2 amide bonds. The average Bonchev–Trinajstić information content (AvgIpc) is 2.91. The highest BCUT2D eigenvalue weighted by Crippen LogP contribution is 2.35. The first-order valence-corrected chi connectivity index (χ1v) is 12.4. The lowest BCUT2D eigenvalue weighted by Crippen LogP contribution is -2.27. The average molecular weight is 529 g/mol. The minimum atomic E-state index is -1.25. The number of anilines is 1. The maximum Gasteiger partial charge on any atom is 0.336 e. The van der Waals surface area contributed by atoms with Crippen LogP contribution in [0.5, 0.6) is 5.75 Å². The van der Waals surface area contributed by atoms with Gasteiger partial charge in [-0.05, 0) is 72.5 Å². The van der Waals surface area contributed by atoms with Crippen LogP contribution in [0.1, 0.15) is 63.0 Å². The van der Waals surface area contributed by atoms with E-state index in [1.54, 1.807) is 42.5 Å². The molecule has 0 saturated heterocycles. The Hall–Kier alpha value is -4.92. The summed E-state index contributed by atoms with van der Waals surface area (Å²) < 4.78 is 5.75. The number of hydrogen-bond donors (Lipinski definition) is 5. The van der Waals surface area contributed by atoms with Crippen molar-refractivity contribution >= 4 is 35.4 Å². The van der Waals surface area contributed by atoms with Gasteiger partial charge in [0.2, 0.25) is 0 Å². The van der Waals surface area contributed by atoms with Crippen molar-refractivity contribution in [2.24, 2.45) is 11.7 Å². The lowest BCUT2D eigenvalue weighted by molar-refractivity contribution is 0.0697. The highest BCUT2D eigenvalue weighted by Gasteiger charge is 2.23. The van der Waals surface area contributed by atoms with Crippen LogP contribution in [0.25, 0.3) is 17.2 Å². The van der Waals surface area contributed by atoms with Gasteiger partial charge in [-0.15, -0.1) is 0 Å². The zero-order valence-corrected chi connectivity index (χ0v) is 22.1. The van der Waals surface area contributed by atoms with E-state index in [0.717, 1.165) is 0 Å². The topological polar surface area (TPSA) is 155 Å². The standard InChI is InChI=1S/C30H32N4O5/c1-5-18-13-24(29(36)34-21-10-7-19(8-11-21)27(31)32)23(15-26(18)39-6-2)22-12-9-20(14-25(22)30(37)38)28(35)33-16-17(3)4/h5,7-15,17H,1,6,16H2,2-4H3,(H3,31,32)(H,33,35)(H,34,36)(H,37,38). The second-order valence-electron chi connectivity index (χ2n) is 9.19. The Labute approximate surface area is 227 Å². The van der Waals surface area contributed by atoms with Crippen LogP contribution in [-0.2, 0) is 0 Å². The van der Waals surface area contributed by atoms with Crippen molar-refractivity contribution < 1.29 is 24.2 Å². The molecule has 3 aromatic carbocycles. The van der Waals surface area contributed by atoms with Crippen molar-refractivity contribution in [3.05, 3.63) is 89.0 Å². The summed E-state index contributed by atoms with van der Waals surface area (Å²) in [6.07, 6.45) is 1.55. The smallest absolute Gasteiger partial charge is 0.336 e. The van der Waals surface area contributed by atoms with E-state index < -0.39 is 11.9 Å². The summed E-state index contributed by atoms with van der Waals surface area (Å²) in [7, 11) is 0. The van der Waals surface area contributed by atoms with E-state index in [1.807, 2.05) is 20.8 Å². The van der Waals surface area contributed by atoms with Crippen LogP contribution in [0.15, 0.2) is 61.2 Å². The Morgan fingerprint density at radius 2 is 1.67 bits per heavy atom. The quantitative estimate of drug-likeness (QED) is 0.174. The summed E-state index contributed by atoms with van der Waals surface area (Å²) in [4.78, 5) is 38.4. The maximum atomic E-state index is 13.5. The number of carboxylic acids is 1. The largest absolute Gasteiger partial charge is 0.493 e. The molecule has 9 nitrogen and oxygen atoms in total. The fourth-order valence-electron chi connectivity index (χ4n) is 3.88. The molecule has 0 aliphatic carbocycles. The van der Waals surface area contributed by atoms with Gasteiger partial charge in [-0.2, -0.15) is 0 Å². The van der Waals surface area contributed by atoms with Gasteiger partial charge in [0.1, 0.15) is 11.6 Å². The first kappa shape index (κ1) is 28.6. The summed E-state index contributed by atoms with van der Waals surface area (Å²) in [6.45, 7) is 10.3. The van der Waals surface area contributed by atoms with E-state index in [2.05, 4.69) is 17.2 Å². The molecule has 3 aromatic rings. The summed E-state index contributed by atoms with van der Waals surface area (Å²) >= 11 is 0. The number of amidine groups is 1. The molecule has 0 fully saturated rings. The molecule has 39 heavy (non-hydrogen) atoms. The Morgan fingerprint density at radius 3 is 2.23 bits per heavy atom. The fourth-order valence-corrected chi connectivity index (χ4v) is 3.88. The highest BCUT2D eigenvalue weighted by molar-refractivity contribution is 6.11. The third-order valence-corrected chi connectivity index (χ3v) is 5.84. The van der Waals surface area contributed by atoms with Gasteiger partial charge in [-0.3, -0.25) is 15.0 Å². The van der Waals surface area contributed by atoms with Gasteiger partial charge in [0.15, 0.2) is 0 Å². The van der Waals surface area contributed by atoms with E-state index in [0.29, 0.717) is 41.3 Å². The molecule has 0 radical (unpaired) electrons. The van der Waals surface area contributed by atoms with Crippen molar-refractivity contribution in [2.45, 2.75) is 20.8 Å². The van der Waals surface area contributed by atoms with Crippen LogP contribution in [-0.4, -0.2) is 41.9 Å². The van der Waals surface area contributed by atoms with E-state index >= 15 is 0 Å². The Bertz CT molecular complexity index is 1430. The molecule has 0 aromatic heterocycles. The van der Waals surface area contributed by atoms with Crippen molar-refractivity contribution in [3.63, 3.8) is 0 Å². The summed E-state index contributed by atoms with van der Waals surface area (Å²) in [5.41, 5.74) is 7.83. The third-order valence-electron chi connectivity index (χ3n) is 5.84. The zero-order valence-electron chi connectivity index (χ0n) is 22.1. The second-order valence-corrected chi connectivity index (χ2v) is 9.19. The van der Waals surface area contributed by atoms with Gasteiger partial charge in [0, 0.05) is 34.5 Å². The van der Waals surface area contributed by atoms with Gasteiger partial charge in [0.25, 0.3) is 11.8 Å². The van der Waals surface area contributed by atoms with Crippen LogP contribution in [0.4, 0.5) is 5.69 Å². The molecule has 0 aliphatic heterocycles. The van der Waals surface area contributed by atoms with Gasteiger partial charge in [-0.25, -0.2) is 4.79 Å². The Morgan fingerprint density at radius 1 is 1.00 bits per heavy atom. The normalized spacial score (nSPS) is 10.6. The summed E-state index contributed by atoms with van der Waals surface area (Å²) in [5, 5.41) is 23.2. The number of amides is 2. The molecule has 9 heteroatoms. The van der Waals surface area contributed by atoms with E-state index in [-0.39, 0.29) is 39.9 Å². The third kappa shape index (κ3) is 6.89. The SMILES string of the molecule is C=Cc1cc(C(=O)Nc2ccc(C(=N)N)cc2)c(-c2ccc(C(=O)NCC(C)C)cc2C(=O)O)cc1OCC. The molecule has 6 N–H and O–H groups in total. The minimum absolute atomic E-state index is 0.0974. The number of nitrogens with two attached hydrogens (primary N) is 1. The van der Waals surface area contributed by atoms with Crippen molar-refractivity contribution in [2.75, 3.05) is 18.5 Å². The number of carbonyl (C=O) groups excluding carboxylic acids is 2. The number of aromatic carboxylic acids is 1. The molecule has 0 saturated carbocycles. The number of nitrogens with one attached hydrogen (secondary N) is 3. The number of ether oxygens (including phenoxy) is 1. The van der Waals surface area contributed by atoms with Gasteiger partial charge in [-0.1, -0.05) is 32.6 Å². The number of nitrogen functional groups attached to an aromatic ring is 1. The molecule has 0 aliphatic rings. The molecule has 202 valence electrons. The predicted molar refractivity (Wildman–Crippen MR) is 153 cm³/mol. The number of benzene rings is 3. The molecule has 0 bridgehead atoms. The molecular weight excluding hydrogens is 496 g/mol. The number of rotatable bonds is 11. The molecular formula is C30H32N4O5. The zero-order chi connectivity index (χ0) is 28.7. The number of carbonyl (C=O) groups is 3. The lowest BCUT2D eigenvalue weighted by Gasteiger charge is -2.17. The molecule has 0 unspecified atom stereocenters. The monoisotopic (exact) mass is 528 g/mol. The highest BCUT2D eigenvalue weighted by atomic mass is 16.5. The summed E-state index contributed by atoms with van der Waals surface area (Å²) in [6, 6.07) is 14.0. The van der Waals surface area contributed by atoms with Crippen molar-refractivity contribution in [1.29, 1.82) is 5.41 Å². The summed E-state index contributed by atoms with van der Waals surface area (Å²) in [5.74, 6) is -1.57. The minimum Gasteiger partial charge on any atom is -0.493 e. The van der Waals surface area contributed by atoms with E-state index in [1.165, 1.54) is 18.2 Å². The van der Waals surface area contributed by atoms with Gasteiger partial charge in [0.05, 0.1) is 12.2 Å². The van der Waals surface area contributed by atoms with Crippen molar-refractivity contribution in [1.82, 2.24) is 5.32 Å². The van der Waals surface area contributed by atoms with Gasteiger partial charge >= 0.3 is 5.97 Å².